The van der Waals surface area contributed by atoms with Gasteiger partial charge < -0.3 is 18.9 Å². The summed E-state index contributed by atoms with van der Waals surface area (Å²) in [7, 11) is 3.22. The van der Waals surface area contributed by atoms with Crippen LogP contribution in [0.25, 0.3) is 0 Å². The molecule has 0 aromatic heterocycles. The highest BCUT2D eigenvalue weighted by Crippen LogP contribution is 2.28. The van der Waals surface area contributed by atoms with Crippen LogP contribution < -0.4 is 9.47 Å². The van der Waals surface area contributed by atoms with Gasteiger partial charge in [0.1, 0.15) is 24.1 Å². The number of methoxy groups -OCH3 is 2. The van der Waals surface area contributed by atoms with Crippen LogP contribution in [0.1, 0.15) is 36.6 Å². The number of rotatable bonds is 10. The van der Waals surface area contributed by atoms with E-state index in [1.807, 2.05) is 78.9 Å². The summed E-state index contributed by atoms with van der Waals surface area (Å²) in [5.74, 6) is 0.474. The SMILES string of the molecule is COc1ccc(C(=N[C@@H](c2ccccc2)[C@@H](COC(C)=O)OC(C)=O)c2ccc(OC)cc2)cc1. The number of hydrogen-bond donors (Lipinski definition) is 0. The van der Waals surface area contributed by atoms with Crippen molar-refractivity contribution in [1.29, 1.82) is 0 Å². The van der Waals surface area contributed by atoms with Crippen molar-refractivity contribution in [2.24, 2.45) is 4.99 Å². The summed E-state index contributed by atoms with van der Waals surface area (Å²) >= 11 is 0. The highest BCUT2D eigenvalue weighted by Gasteiger charge is 2.28. The molecule has 0 amide bonds. The Morgan fingerprint density at radius 2 is 1.26 bits per heavy atom. The number of carbonyl (C=O) groups is 2. The smallest absolute Gasteiger partial charge is 0.303 e. The first-order valence-electron chi connectivity index (χ1n) is 11.1. The van der Waals surface area contributed by atoms with E-state index in [0.717, 1.165) is 28.2 Å². The van der Waals surface area contributed by atoms with E-state index in [0.29, 0.717) is 5.71 Å². The van der Waals surface area contributed by atoms with Gasteiger partial charge in [0.25, 0.3) is 0 Å². The van der Waals surface area contributed by atoms with E-state index in [9.17, 15) is 9.59 Å². The normalized spacial score (nSPS) is 12.1. The summed E-state index contributed by atoms with van der Waals surface area (Å²) in [4.78, 5) is 28.6. The summed E-state index contributed by atoms with van der Waals surface area (Å²) in [6.07, 6.45) is -0.828. The molecule has 2 atom stereocenters. The molecule has 0 aliphatic heterocycles. The van der Waals surface area contributed by atoms with Gasteiger partial charge in [-0.3, -0.25) is 14.6 Å². The first-order valence-corrected chi connectivity index (χ1v) is 11.1. The second kappa shape index (κ2) is 12.4. The lowest BCUT2D eigenvalue weighted by Gasteiger charge is -2.25. The van der Waals surface area contributed by atoms with Gasteiger partial charge in [-0.25, -0.2) is 0 Å². The Morgan fingerprint density at radius 1 is 0.743 bits per heavy atom. The minimum Gasteiger partial charge on any atom is -0.497 e. The molecule has 7 nitrogen and oxygen atoms in total. The lowest BCUT2D eigenvalue weighted by atomic mass is 9.98. The number of benzene rings is 3. The molecule has 0 unspecified atom stereocenters. The van der Waals surface area contributed by atoms with Crippen molar-refractivity contribution >= 4 is 17.7 Å². The fourth-order valence-electron chi connectivity index (χ4n) is 3.58. The van der Waals surface area contributed by atoms with Gasteiger partial charge in [-0.1, -0.05) is 30.3 Å². The zero-order chi connectivity index (χ0) is 25.2. The van der Waals surface area contributed by atoms with Gasteiger partial charge >= 0.3 is 11.9 Å². The van der Waals surface area contributed by atoms with Crippen LogP contribution in [0.15, 0.2) is 83.9 Å². The Bertz CT molecular complexity index is 1090. The minimum absolute atomic E-state index is 0.128. The Kier molecular flexibility index (Phi) is 9.01. The summed E-state index contributed by atoms with van der Waals surface area (Å²) in [5.41, 5.74) is 3.16. The molecule has 0 heterocycles. The fraction of sp³-hybridized carbons (Fsp3) is 0.250. The molecule has 3 rings (SSSR count). The number of aliphatic imine (C=N–C) groups is 1. The van der Waals surface area contributed by atoms with Crippen LogP contribution in [0.3, 0.4) is 0 Å². The predicted octanol–water partition coefficient (Wildman–Crippen LogP) is 4.78. The Balaban J connectivity index is 2.17. The van der Waals surface area contributed by atoms with Crippen molar-refractivity contribution < 1.29 is 28.5 Å². The van der Waals surface area contributed by atoms with Crippen LogP contribution in [0, 0.1) is 0 Å². The summed E-state index contributed by atoms with van der Waals surface area (Å²) in [6.45, 7) is 2.50. The molecular weight excluding hydrogens is 446 g/mol. The lowest BCUT2D eigenvalue weighted by Crippen LogP contribution is -2.30. The molecule has 0 fully saturated rings. The van der Waals surface area contributed by atoms with Gasteiger partial charge in [-0.05, 0) is 54.1 Å². The lowest BCUT2D eigenvalue weighted by molar-refractivity contribution is -0.157. The first-order chi connectivity index (χ1) is 16.9. The molecule has 0 radical (unpaired) electrons. The maximum absolute atomic E-state index is 12.0. The maximum atomic E-state index is 12.0. The van der Waals surface area contributed by atoms with Crippen molar-refractivity contribution in [1.82, 2.24) is 0 Å². The first kappa shape index (κ1) is 25.5. The van der Waals surface area contributed by atoms with Gasteiger partial charge in [0, 0.05) is 25.0 Å². The summed E-state index contributed by atoms with van der Waals surface area (Å²) in [5, 5.41) is 0. The molecule has 0 aliphatic carbocycles. The molecule has 182 valence electrons. The van der Waals surface area contributed by atoms with E-state index in [-0.39, 0.29) is 6.61 Å². The minimum atomic E-state index is -0.828. The Labute approximate surface area is 205 Å². The molecule has 7 heteroatoms. The Morgan fingerprint density at radius 3 is 1.69 bits per heavy atom. The number of esters is 2. The molecule has 0 aliphatic rings. The number of hydrogen-bond acceptors (Lipinski definition) is 7. The standard InChI is InChI=1S/C28H29NO6/c1-19(30)34-18-26(35-20(2)31)28(21-8-6-5-7-9-21)29-27(22-10-14-24(32-3)15-11-22)23-12-16-25(33-4)17-13-23/h5-17,26,28H,18H2,1-4H3/t26-,28+/m1/s1. The van der Waals surface area contributed by atoms with Crippen LogP contribution in [0.2, 0.25) is 0 Å². The molecular formula is C28H29NO6. The van der Waals surface area contributed by atoms with Gasteiger partial charge in [0.05, 0.1) is 19.9 Å². The van der Waals surface area contributed by atoms with Gasteiger partial charge in [-0.2, -0.15) is 0 Å². The predicted molar refractivity (Wildman–Crippen MR) is 133 cm³/mol. The average molecular weight is 476 g/mol. The number of nitrogens with zero attached hydrogens (tertiary/aromatic N) is 1. The van der Waals surface area contributed by atoms with Gasteiger partial charge in [-0.15, -0.1) is 0 Å². The highest BCUT2D eigenvalue weighted by molar-refractivity contribution is 6.13. The van der Waals surface area contributed by atoms with Crippen LogP contribution in [0.4, 0.5) is 0 Å². The maximum Gasteiger partial charge on any atom is 0.303 e. The van der Waals surface area contributed by atoms with Crippen LogP contribution in [-0.2, 0) is 19.1 Å². The number of ether oxygens (including phenoxy) is 4. The molecule has 3 aromatic rings. The molecule has 35 heavy (non-hydrogen) atoms. The topological polar surface area (TPSA) is 83.4 Å². The molecule has 0 saturated carbocycles. The zero-order valence-electron chi connectivity index (χ0n) is 20.3. The van der Waals surface area contributed by atoms with Crippen molar-refractivity contribution in [2.75, 3.05) is 20.8 Å². The molecule has 0 saturated heterocycles. The second-order valence-electron chi connectivity index (χ2n) is 7.74. The van der Waals surface area contributed by atoms with E-state index >= 15 is 0 Å². The summed E-state index contributed by atoms with van der Waals surface area (Å²) in [6, 6.07) is 23.9. The van der Waals surface area contributed by atoms with Gasteiger partial charge in [0.2, 0.25) is 0 Å². The molecule has 0 bridgehead atoms. The largest absolute Gasteiger partial charge is 0.497 e. The second-order valence-corrected chi connectivity index (χ2v) is 7.74. The molecule has 0 spiro atoms. The monoisotopic (exact) mass is 475 g/mol. The van der Waals surface area contributed by atoms with E-state index in [1.165, 1.54) is 13.8 Å². The number of carbonyl (C=O) groups excluding carboxylic acids is 2. The van der Waals surface area contributed by atoms with E-state index in [1.54, 1.807) is 14.2 Å². The average Bonchev–Trinajstić information content (AvgIpc) is 2.88. The third-order valence-electron chi connectivity index (χ3n) is 5.26. The third kappa shape index (κ3) is 7.17. The van der Waals surface area contributed by atoms with E-state index in [2.05, 4.69) is 0 Å². The van der Waals surface area contributed by atoms with Crippen molar-refractivity contribution in [3.63, 3.8) is 0 Å². The quantitative estimate of drug-likeness (QED) is 0.310. The van der Waals surface area contributed by atoms with Crippen molar-refractivity contribution in [2.45, 2.75) is 26.0 Å². The van der Waals surface area contributed by atoms with Crippen molar-refractivity contribution in [3.8, 4) is 11.5 Å². The fourth-order valence-corrected chi connectivity index (χ4v) is 3.58. The van der Waals surface area contributed by atoms with Crippen LogP contribution in [-0.4, -0.2) is 44.6 Å². The van der Waals surface area contributed by atoms with Gasteiger partial charge in [0.15, 0.2) is 6.10 Å². The van der Waals surface area contributed by atoms with E-state index < -0.39 is 24.1 Å². The van der Waals surface area contributed by atoms with Crippen LogP contribution >= 0.6 is 0 Å². The Hall–Kier alpha value is -4.13. The third-order valence-corrected chi connectivity index (χ3v) is 5.26. The molecule has 3 aromatic carbocycles. The van der Waals surface area contributed by atoms with Crippen molar-refractivity contribution in [3.05, 3.63) is 95.6 Å². The van der Waals surface area contributed by atoms with E-state index in [4.69, 9.17) is 23.9 Å². The van der Waals surface area contributed by atoms with Crippen LogP contribution in [0.5, 0.6) is 11.5 Å². The molecule has 0 N–H and O–H groups in total. The highest BCUT2D eigenvalue weighted by atomic mass is 16.6. The summed E-state index contributed by atoms with van der Waals surface area (Å²) < 4.78 is 21.5. The zero-order valence-corrected chi connectivity index (χ0v) is 20.3.